The minimum absolute atomic E-state index is 0.141. The van der Waals surface area contributed by atoms with Gasteiger partial charge in [-0.25, -0.2) is 13.1 Å². The maximum absolute atomic E-state index is 12.9. The normalized spacial score (nSPS) is 19.9. The number of hydrogen-bond donors (Lipinski definition) is 1. The molecule has 9 nitrogen and oxygen atoms in total. The molecule has 1 amide bonds. The zero-order valence-electron chi connectivity index (χ0n) is 17.8. The van der Waals surface area contributed by atoms with Crippen LogP contribution >= 0.6 is 0 Å². The molecule has 3 heterocycles. The van der Waals surface area contributed by atoms with Gasteiger partial charge in [0.25, 0.3) is 5.91 Å². The molecule has 168 valence electrons. The van der Waals surface area contributed by atoms with Gasteiger partial charge in [-0.2, -0.15) is 9.40 Å². The van der Waals surface area contributed by atoms with E-state index in [1.807, 2.05) is 20.8 Å². The van der Waals surface area contributed by atoms with Crippen molar-refractivity contribution >= 4 is 32.5 Å². The van der Waals surface area contributed by atoms with Gasteiger partial charge in [0.15, 0.2) is 0 Å². The summed E-state index contributed by atoms with van der Waals surface area (Å²) in [6.45, 7) is 7.31. The van der Waals surface area contributed by atoms with E-state index in [9.17, 15) is 17.4 Å². The van der Waals surface area contributed by atoms with Gasteiger partial charge in [-0.15, -0.1) is 0 Å². The Morgan fingerprint density at radius 3 is 2.39 bits per heavy atom. The Morgan fingerprint density at radius 1 is 1.13 bits per heavy atom. The van der Waals surface area contributed by atoms with E-state index in [1.54, 1.807) is 4.68 Å². The minimum atomic E-state index is -3.62. The third-order valence-electron chi connectivity index (χ3n) is 5.26. The molecule has 2 aromatic rings. The van der Waals surface area contributed by atoms with Gasteiger partial charge in [-0.3, -0.25) is 9.00 Å². The van der Waals surface area contributed by atoms with Gasteiger partial charge >= 0.3 is 0 Å². The van der Waals surface area contributed by atoms with Crippen LogP contribution in [0.1, 0.15) is 42.4 Å². The van der Waals surface area contributed by atoms with Gasteiger partial charge in [-0.05, 0) is 45.0 Å². The Morgan fingerprint density at radius 2 is 1.77 bits per heavy atom. The summed E-state index contributed by atoms with van der Waals surface area (Å²) in [4.78, 5) is 13.1. The number of nitrogens with one attached hydrogen (secondary N) is 1. The monoisotopic (exact) mass is 466 g/mol. The average Bonchev–Trinajstić information content (AvgIpc) is 3.25. The van der Waals surface area contributed by atoms with E-state index in [0.29, 0.717) is 49.2 Å². The Labute approximate surface area is 184 Å². The summed E-state index contributed by atoms with van der Waals surface area (Å²) in [5.74, 6) is 0.914. The summed E-state index contributed by atoms with van der Waals surface area (Å²) < 4.78 is 45.9. The van der Waals surface area contributed by atoms with Gasteiger partial charge in [0.1, 0.15) is 5.82 Å². The first kappa shape index (κ1) is 22.1. The summed E-state index contributed by atoms with van der Waals surface area (Å²) in [7, 11) is -4.64. The quantitative estimate of drug-likeness (QED) is 0.734. The lowest BCUT2D eigenvalue weighted by Gasteiger charge is -2.26. The van der Waals surface area contributed by atoms with Crippen molar-refractivity contribution in [3.05, 3.63) is 41.1 Å². The average molecular weight is 467 g/mol. The SMILES string of the molecule is CC(C)(C)n1nc2c(c1NC(=O)c1ccc(S(=O)(=O)N3CCOCC3)cc1)C[S@@](=O)C2. The predicted octanol–water partition coefficient (Wildman–Crippen LogP) is 1.67. The molecule has 0 bridgehead atoms. The lowest BCUT2D eigenvalue weighted by atomic mass is 10.1. The summed E-state index contributed by atoms with van der Waals surface area (Å²) in [5.41, 5.74) is 1.50. The fourth-order valence-corrected chi connectivity index (χ4v) is 6.31. The van der Waals surface area contributed by atoms with E-state index in [2.05, 4.69) is 10.4 Å². The summed E-state index contributed by atoms with van der Waals surface area (Å²) in [6.07, 6.45) is 0. The number of amides is 1. The van der Waals surface area contributed by atoms with Gasteiger partial charge in [-0.1, -0.05) is 0 Å². The third-order valence-corrected chi connectivity index (χ3v) is 8.38. The number of fused-ring (bicyclic) bond motifs is 1. The van der Waals surface area contributed by atoms with Crippen LogP contribution in [0.3, 0.4) is 0 Å². The third kappa shape index (κ3) is 4.32. The zero-order chi connectivity index (χ0) is 22.4. The van der Waals surface area contributed by atoms with Crippen LogP contribution in [0.2, 0.25) is 0 Å². The first-order valence-electron chi connectivity index (χ1n) is 10.0. The molecule has 2 aliphatic heterocycles. The number of anilines is 1. The van der Waals surface area contributed by atoms with E-state index in [1.165, 1.54) is 28.6 Å². The maximum atomic E-state index is 12.9. The number of carbonyl (C=O) groups is 1. The lowest BCUT2D eigenvalue weighted by Crippen LogP contribution is -2.40. The van der Waals surface area contributed by atoms with Gasteiger partial charge in [0.2, 0.25) is 10.0 Å². The Bertz CT molecular complexity index is 1130. The molecule has 0 radical (unpaired) electrons. The van der Waals surface area contributed by atoms with Crippen molar-refractivity contribution in [2.75, 3.05) is 31.6 Å². The van der Waals surface area contributed by atoms with E-state index < -0.39 is 20.8 Å². The number of hydrogen-bond acceptors (Lipinski definition) is 6. The second-order valence-corrected chi connectivity index (χ2v) is 12.0. The number of benzene rings is 1. The molecular weight excluding hydrogens is 440 g/mol. The molecule has 4 rings (SSSR count). The first-order valence-corrected chi connectivity index (χ1v) is 13.0. The summed E-state index contributed by atoms with van der Waals surface area (Å²) in [5, 5.41) is 7.48. The number of sulfonamides is 1. The van der Waals surface area contributed by atoms with Crippen molar-refractivity contribution in [1.82, 2.24) is 14.1 Å². The molecule has 1 aromatic heterocycles. The van der Waals surface area contributed by atoms with Crippen LogP contribution in [0.15, 0.2) is 29.2 Å². The van der Waals surface area contributed by atoms with E-state index in [4.69, 9.17) is 4.74 Å². The van der Waals surface area contributed by atoms with Crippen LogP contribution < -0.4 is 5.32 Å². The molecule has 0 unspecified atom stereocenters. The predicted molar refractivity (Wildman–Crippen MR) is 117 cm³/mol. The Kier molecular flexibility index (Phi) is 5.80. The van der Waals surface area contributed by atoms with Crippen molar-refractivity contribution in [2.24, 2.45) is 0 Å². The molecule has 1 atom stereocenters. The molecule has 1 N–H and O–H groups in total. The number of nitrogens with zero attached hydrogens (tertiary/aromatic N) is 3. The Balaban J connectivity index is 1.57. The van der Waals surface area contributed by atoms with Gasteiger partial charge in [0, 0.05) is 35.0 Å². The highest BCUT2D eigenvalue weighted by atomic mass is 32.2. The van der Waals surface area contributed by atoms with E-state index in [-0.39, 0.29) is 16.3 Å². The van der Waals surface area contributed by atoms with Crippen LogP contribution in [0.5, 0.6) is 0 Å². The molecule has 0 aliphatic carbocycles. The van der Waals surface area contributed by atoms with E-state index >= 15 is 0 Å². The Hall–Kier alpha value is -2.08. The number of ether oxygens (including phenoxy) is 1. The fraction of sp³-hybridized carbons (Fsp3) is 0.500. The number of rotatable bonds is 4. The number of aromatic nitrogens is 2. The smallest absolute Gasteiger partial charge is 0.256 e. The lowest BCUT2D eigenvalue weighted by molar-refractivity contribution is 0.0730. The molecule has 1 aromatic carbocycles. The molecule has 11 heteroatoms. The zero-order valence-corrected chi connectivity index (χ0v) is 19.4. The minimum Gasteiger partial charge on any atom is -0.379 e. The van der Waals surface area contributed by atoms with Gasteiger partial charge < -0.3 is 10.1 Å². The van der Waals surface area contributed by atoms with Crippen LogP contribution in [-0.2, 0) is 42.6 Å². The second-order valence-electron chi connectivity index (χ2n) is 8.58. The van der Waals surface area contributed by atoms with E-state index in [0.717, 1.165) is 11.3 Å². The second kappa shape index (κ2) is 8.12. The molecule has 0 spiro atoms. The van der Waals surface area contributed by atoms with Crippen LogP contribution in [0, 0.1) is 0 Å². The molecule has 2 aliphatic rings. The molecule has 1 saturated heterocycles. The van der Waals surface area contributed by atoms with Crippen molar-refractivity contribution in [1.29, 1.82) is 0 Å². The highest BCUT2D eigenvalue weighted by Gasteiger charge is 2.32. The standard InChI is InChI=1S/C20H26N4O5S2/c1-20(2,3)24-18(16-12-30(26)13-17(16)22-24)21-19(25)14-4-6-15(7-5-14)31(27,28)23-8-10-29-11-9-23/h4-7H,8-13H2,1-3H3,(H,21,25)/t30-/m1/s1. The first-order chi connectivity index (χ1) is 14.6. The highest BCUT2D eigenvalue weighted by molar-refractivity contribution is 7.89. The molecule has 31 heavy (non-hydrogen) atoms. The van der Waals surface area contributed by atoms with Crippen molar-refractivity contribution in [3.63, 3.8) is 0 Å². The molecular formula is C20H26N4O5S2. The largest absolute Gasteiger partial charge is 0.379 e. The number of morpholine rings is 1. The maximum Gasteiger partial charge on any atom is 0.256 e. The van der Waals surface area contributed by atoms with Crippen molar-refractivity contribution in [2.45, 2.75) is 42.7 Å². The summed E-state index contributed by atoms with van der Waals surface area (Å²) >= 11 is 0. The molecule has 1 fully saturated rings. The van der Waals surface area contributed by atoms with Crippen molar-refractivity contribution < 1.29 is 22.2 Å². The van der Waals surface area contributed by atoms with Gasteiger partial charge in [0.05, 0.1) is 40.8 Å². The van der Waals surface area contributed by atoms with Crippen molar-refractivity contribution in [3.8, 4) is 0 Å². The highest BCUT2D eigenvalue weighted by Crippen LogP contribution is 2.33. The van der Waals surface area contributed by atoms with Crippen LogP contribution in [0.25, 0.3) is 0 Å². The topological polar surface area (TPSA) is 111 Å². The summed E-state index contributed by atoms with van der Waals surface area (Å²) in [6, 6.07) is 5.89. The van der Waals surface area contributed by atoms with Crippen LogP contribution in [0.4, 0.5) is 5.82 Å². The fourth-order valence-electron chi connectivity index (χ4n) is 3.64. The molecule has 0 saturated carbocycles. The van der Waals surface area contributed by atoms with Crippen LogP contribution in [-0.4, -0.2) is 58.9 Å². The number of carbonyl (C=O) groups excluding carboxylic acids is 1.